The second-order valence-corrected chi connectivity index (χ2v) is 4.04. The first-order valence-electron chi connectivity index (χ1n) is 5.03. The van der Waals surface area contributed by atoms with Crippen molar-refractivity contribution in [1.29, 1.82) is 5.26 Å². The molecule has 0 aliphatic carbocycles. The standard InChI is InChI=1S/C11H10ClN3O2/c12-10-3-8(2-1-7(10)4-13)15-6-9(5-14)17-11(15)16/h1-3,9H,5-6,14H2. The third-order valence-electron chi connectivity index (χ3n) is 2.52. The molecule has 0 aromatic heterocycles. The number of nitrogens with zero attached hydrogens (tertiary/aromatic N) is 2. The normalized spacial score (nSPS) is 19.0. The molecule has 2 rings (SSSR count). The van der Waals surface area contributed by atoms with Gasteiger partial charge < -0.3 is 10.5 Å². The van der Waals surface area contributed by atoms with Gasteiger partial charge >= 0.3 is 6.09 Å². The highest BCUT2D eigenvalue weighted by Gasteiger charge is 2.31. The van der Waals surface area contributed by atoms with Crippen molar-refractivity contribution in [3.05, 3.63) is 28.8 Å². The van der Waals surface area contributed by atoms with E-state index in [1.165, 1.54) is 4.90 Å². The summed E-state index contributed by atoms with van der Waals surface area (Å²) in [7, 11) is 0. The predicted octanol–water partition coefficient (Wildman–Crippen LogP) is 1.50. The lowest BCUT2D eigenvalue weighted by Crippen LogP contribution is -2.27. The van der Waals surface area contributed by atoms with Crippen molar-refractivity contribution in [1.82, 2.24) is 0 Å². The number of halogens is 1. The van der Waals surface area contributed by atoms with Crippen LogP contribution in [0.3, 0.4) is 0 Å². The average molecular weight is 252 g/mol. The van der Waals surface area contributed by atoms with Crippen LogP contribution >= 0.6 is 11.6 Å². The van der Waals surface area contributed by atoms with Crippen LogP contribution in [0.15, 0.2) is 18.2 Å². The minimum absolute atomic E-state index is 0.284. The van der Waals surface area contributed by atoms with Crippen molar-refractivity contribution in [3.8, 4) is 6.07 Å². The number of cyclic esters (lactones) is 1. The van der Waals surface area contributed by atoms with E-state index in [1.807, 2.05) is 6.07 Å². The fourth-order valence-corrected chi connectivity index (χ4v) is 1.83. The second kappa shape index (κ2) is 4.62. The largest absolute Gasteiger partial charge is 0.443 e. The van der Waals surface area contributed by atoms with Crippen molar-refractivity contribution in [2.45, 2.75) is 6.10 Å². The van der Waals surface area contributed by atoms with Gasteiger partial charge in [0.25, 0.3) is 0 Å². The molecular weight excluding hydrogens is 242 g/mol. The van der Waals surface area contributed by atoms with Crippen molar-refractivity contribution < 1.29 is 9.53 Å². The van der Waals surface area contributed by atoms with Gasteiger partial charge in [-0.05, 0) is 18.2 Å². The molecule has 0 saturated carbocycles. The van der Waals surface area contributed by atoms with Crippen LogP contribution < -0.4 is 10.6 Å². The summed E-state index contributed by atoms with van der Waals surface area (Å²) in [6.45, 7) is 0.684. The molecule has 1 fully saturated rings. The lowest BCUT2D eigenvalue weighted by atomic mass is 10.2. The molecule has 1 unspecified atom stereocenters. The number of ether oxygens (including phenoxy) is 1. The molecule has 5 nitrogen and oxygen atoms in total. The number of benzene rings is 1. The van der Waals surface area contributed by atoms with Gasteiger partial charge in [-0.1, -0.05) is 11.6 Å². The van der Waals surface area contributed by atoms with Crippen LogP contribution in [0, 0.1) is 11.3 Å². The Morgan fingerprint density at radius 1 is 1.65 bits per heavy atom. The van der Waals surface area contributed by atoms with E-state index in [4.69, 9.17) is 27.3 Å². The number of carbonyl (C=O) groups excluding carboxylic acids is 1. The van der Waals surface area contributed by atoms with Crippen LogP contribution in [0.2, 0.25) is 5.02 Å². The summed E-state index contributed by atoms with van der Waals surface area (Å²) in [5.41, 5.74) is 6.42. The number of rotatable bonds is 2. The quantitative estimate of drug-likeness (QED) is 0.864. The molecule has 88 valence electrons. The summed E-state index contributed by atoms with van der Waals surface area (Å²) in [4.78, 5) is 13.0. The van der Waals surface area contributed by atoms with Crippen LogP contribution in [0.25, 0.3) is 0 Å². The Bertz CT molecular complexity index is 498. The third kappa shape index (κ3) is 2.18. The monoisotopic (exact) mass is 251 g/mol. The molecule has 2 N–H and O–H groups in total. The van der Waals surface area contributed by atoms with Crippen LogP contribution in [0.1, 0.15) is 5.56 Å². The molecule has 1 amide bonds. The number of nitriles is 1. The zero-order valence-electron chi connectivity index (χ0n) is 8.89. The number of carbonyl (C=O) groups is 1. The second-order valence-electron chi connectivity index (χ2n) is 3.63. The van der Waals surface area contributed by atoms with Gasteiger partial charge in [0.05, 0.1) is 17.1 Å². The molecule has 6 heteroatoms. The summed E-state index contributed by atoms with van der Waals surface area (Å²) in [6.07, 6.45) is -0.738. The molecule has 17 heavy (non-hydrogen) atoms. The fraction of sp³-hybridized carbons (Fsp3) is 0.273. The van der Waals surface area contributed by atoms with Gasteiger partial charge in [-0.3, -0.25) is 4.90 Å². The number of nitrogens with two attached hydrogens (primary N) is 1. The molecular formula is C11H10ClN3O2. The van der Waals surface area contributed by atoms with E-state index in [9.17, 15) is 4.79 Å². The predicted molar refractivity (Wildman–Crippen MR) is 62.8 cm³/mol. The van der Waals surface area contributed by atoms with E-state index < -0.39 is 6.09 Å². The summed E-state index contributed by atoms with van der Waals surface area (Å²) in [6, 6.07) is 6.75. The highest BCUT2D eigenvalue weighted by atomic mass is 35.5. The lowest BCUT2D eigenvalue weighted by Gasteiger charge is -2.13. The Labute approximate surface area is 103 Å². The molecule has 1 aliphatic rings. The summed E-state index contributed by atoms with van der Waals surface area (Å²) in [5.74, 6) is 0. The molecule has 1 aromatic rings. The molecule has 1 aromatic carbocycles. The highest BCUT2D eigenvalue weighted by Crippen LogP contribution is 2.26. The molecule has 0 spiro atoms. The summed E-state index contributed by atoms with van der Waals surface area (Å²) >= 11 is 5.90. The molecule has 1 atom stereocenters. The topological polar surface area (TPSA) is 79.3 Å². The maximum Gasteiger partial charge on any atom is 0.414 e. The third-order valence-corrected chi connectivity index (χ3v) is 2.83. The van der Waals surface area contributed by atoms with Crippen LogP contribution in [-0.4, -0.2) is 25.3 Å². The van der Waals surface area contributed by atoms with Crippen LogP contribution in [-0.2, 0) is 4.74 Å². The summed E-state index contributed by atoms with van der Waals surface area (Å²) < 4.78 is 5.03. The van der Waals surface area contributed by atoms with E-state index in [1.54, 1.807) is 18.2 Å². The van der Waals surface area contributed by atoms with Gasteiger partial charge in [-0.2, -0.15) is 5.26 Å². The van der Waals surface area contributed by atoms with Crippen molar-refractivity contribution >= 4 is 23.4 Å². The van der Waals surface area contributed by atoms with Gasteiger partial charge in [0.15, 0.2) is 0 Å². The van der Waals surface area contributed by atoms with E-state index in [0.29, 0.717) is 22.8 Å². The molecule has 0 bridgehead atoms. The van der Waals surface area contributed by atoms with Gasteiger partial charge in [-0.25, -0.2) is 4.79 Å². The molecule has 0 radical (unpaired) electrons. The Morgan fingerprint density at radius 3 is 2.94 bits per heavy atom. The Hall–Kier alpha value is -1.77. The van der Waals surface area contributed by atoms with Crippen molar-refractivity contribution in [2.75, 3.05) is 18.0 Å². The van der Waals surface area contributed by atoms with Gasteiger partial charge in [-0.15, -0.1) is 0 Å². The number of amides is 1. The average Bonchev–Trinajstić information content (AvgIpc) is 2.70. The van der Waals surface area contributed by atoms with Gasteiger partial charge in [0.2, 0.25) is 0 Å². The van der Waals surface area contributed by atoms with E-state index in [-0.39, 0.29) is 12.6 Å². The first-order valence-corrected chi connectivity index (χ1v) is 5.41. The molecule has 1 heterocycles. The van der Waals surface area contributed by atoms with E-state index >= 15 is 0 Å². The van der Waals surface area contributed by atoms with Crippen LogP contribution in [0.5, 0.6) is 0 Å². The fourth-order valence-electron chi connectivity index (χ4n) is 1.62. The smallest absolute Gasteiger partial charge is 0.414 e. The molecule has 1 aliphatic heterocycles. The van der Waals surface area contributed by atoms with Gasteiger partial charge in [0.1, 0.15) is 12.2 Å². The Morgan fingerprint density at radius 2 is 2.41 bits per heavy atom. The van der Waals surface area contributed by atoms with Crippen molar-refractivity contribution in [2.24, 2.45) is 5.73 Å². The lowest BCUT2D eigenvalue weighted by molar-refractivity contribution is 0.145. The first kappa shape index (κ1) is 11.7. The maximum absolute atomic E-state index is 11.5. The van der Waals surface area contributed by atoms with Gasteiger partial charge in [0, 0.05) is 12.2 Å². The summed E-state index contributed by atoms with van der Waals surface area (Å²) in [5, 5.41) is 9.06. The zero-order valence-corrected chi connectivity index (χ0v) is 9.65. The maximum atomic E-state index is 11.5. The Kier molecular flexibility index (Phi) is 3.18. The van der Waals surface area contributed by atoms with E-state index in [2.05, 4.69) is 0 Å². The highest BCUT2D eigenvalue weighted by molar-refractivity contribution is 6.32. The first-order chi connectivity index (χ1) is 8.15. The zero-order chi connectivity index (χ0) is 12.4. The minimum atomic E-state index is -0.443. The van der Waals surface area contributed by atoms with Crippen molar-refractivity contribution in [3.63, 3.8) is 0 Å². The number of hydrogen-bond acceptors (Lipinski definition) is 4. The van der Waals surface area contributed by atoms with E-state index in [0.717, 1.165) is 0 Å². The number of hydrogen-bond donors (Lipinski definition) is 1. The van der Waals surface area contributed by atoms with Crippen LogP contribution in [0.4, 0.5) is 10.5 Å². The molecule has 1 saturated heterocycles. The minimum Gasteiger partial charge on any atom is -0.443 e. The Balaban J connectivity index is 2.27. The number of anilines is 1. The SMILES string of the molecule is N#Cc1ccc(N2CC(CN)OC2=O)cc1Cl.